The molecule has 0 spiro atoms. The van der Waals surface area contributed by atoms with E-state index in [1.165, 1.54) is 25.4 Å². The van der Waals surface area contributed by atoms with Gasteiger partial charge < -0.3 is 20.1 Å². The zero-order valence-electron chi connectivity index (χ0n) is 15.5. The molecule has 2 N–H and O–H groups in total. The molecule has 1 aromatic heterocycles. The molecule has 0 aliphatic rings. The number of nitrogens with zero attached hydrogens (tertiary/aromatic N) is 1. The number of pyridine rings is 1. The van der Waals surface area contributed by atoms with Crippen LogP contribution < -0.4 is 20.1 Å². The number of anilines is 2. The van der Waals surface area contributed by atoms with E-state index in [0.717, 1.165) is 5.56 Å². The standard InChI is InChI=1S/C21H20FN3O3/c1-27-18-9-8-17(11-19(18)28-2)25-21(26)15-5-10-20(24-13-15)23-12-14-3-6-16(22)7-4-14/h3-11,13H,12H2,1-2H3,(H,23,24)(H,25,26). The zero-order chi connectivity index (χ0) is 19.9. The maximum Gasteiger partial charge on any atom is 0.257 e. The number of aromatic nitrogens is 1. The lowest BCUT2D eigenvalue weighted by Gasteiger charge is -2.11. The molecular formula is C21H20FN3O3. The number of hydrogen-bond acceptors (Lipinski definition) is 5. The van der Waals surface area contributed by atoms with Crippen molar-refractivity contribution in [2.75, 3.05) is 24.9 Å². The molecule has 0 aliphatic heterocycles. The minimum atomic E-state index is -0.287. The van der Waals surface area contributed by atoms with Crippen molar-refractivity contribution in [1.82, 2.24) is 4.98 Å². The molecule has 0 fully saturated rings. The van der Waals surface area contributed by atoms with Gasteiger partial charge in [0.05, 0.1) is 19.8 Å². The van der Waals surface area contributed by atoms with Gasteiger partial charge in [-0.1, -0.05) is 12.1 Å². The SMILES string of the molecule is COc1ccc(NC(=O)c2ccc(NCc3ccc(F)cc3)nc2)cc1OC. The number of nitrogens with one attached hydrogen (secondary N) is 2. The summed E-state index contributed by atoms with van der Waals surface area (Å²) in [6.07, 6.45) is 1.49. The van der Waals surface area contributed by atoms with Crippen molar-refractivity contribution >= 4 is 17.4 Å². The number of benzene rings is 2. The molecule has 144 valence electrons. The Morgan fingerprint density at radius 3 is 2.39 bits per heavy atom. The Labute approximate surface area is 162 Å². The van der Waals surface area contributed by atoms with Crippen LogP contribution in [0.4, 0.5) is 15.9 Å². The quantitative estimate of drug-likeness (QED) is 0.645. The van der Waals surface area contributed by atoms with Gasteiger partial charge in [-0.15, -0.1) is 0 Å². The van der Waals surface area contributed by atoms with Crippen LogP contribution in [0.1, 0.15) is 15.9 Å². The zero-order valence-corrected chi connectivity index (χ0v) is 15.5. The van der Waals surface area contributed by atoms with Crippen molar-refractivity contribution in [2.24, 2.45) is 0 Å². The van der Waals surface area contributed by atoms with Crippen molar-refractivity contribution in [3.63, 3.8) is 0 Å². The molecule has 0 aliphatic carbocycles. The second kappa shape index (κ2) is 8.85. The number of halogens is 1. The van der Waals surface area contributed by atoms with Crippen LogP contribution in [0.2, 0.25) is 0 Å². The van der Waals surface area contributed by atoms with Gasteiger partial charge >= 0.3 is 0 Å². The van der Waals surface area contributed by atoms with Gasteiger partial charge in [-0.05, 0) is 42.0 Å². The summed E-state index contributed by atoms with van der Waals surface area (Å²) in [4.78, 5) is 16.7. The molecule has 7 heteroatoms. The minimum absolute atomic E-state index is 0.272. The predicted molar refractivity (Wildman–Crippen MR) is 105 cm³/mol. The fraction of sp³-hybridized carbons (Fsp3) is 0.143. The summed E-state index contributed by atoms with van der Waals surface area (Å²) in [6.45, 7) is 0.504. The van der Waals surface area contributed by atoms with Gasteiger partial charge in [-0.3, -0.25) is 4.79 Å². The van der Waals surface area contributed by atoms with Gasteiger partial charge in [-0.25, -0.2) is 9.37 Å². The normalized spacial score (nSPS) is 10.2. The molecule has 1 heterocycles. The molecule has 6 nitrogen and oxygen atoms in total. The van der Waals surface area contributed by atoms with Gasteiger partial charge in [0.25, 0.3) is 5.91 Å². The monoisotopic (exact) mass is 381 g/mol. The Kier molecular flexibility index (Phi) is 6.06. The largest absolute Gasteiger partial charge is 0.493 e. The fourth-order valence-electron chi connectivity index (χ4n) is 2.54. The van der Waals surface area contributed by atoms with Crippen LogP contribution in [-0.4, -0.2) is 25.1 Å². The lowest BCUT2D eigenvalue weighted by molar-refractivity contribution is 0.102. The van der Waals surface area contributed by atoms with E-state index >= 15 is 0 Å². The molecule has 0 saturated heterocycles. The Bertz CT molecular complexity index is 944. The van der Waals surface area contributed by atoms with E-state index in [9.17, 15) is 9.18 Å². The first-order chi connectivity index (χ1) is 13.6. The molecule has 0 unspecified atom stereocenters. The van der Waals surface area contributed by atoms with E-state index in [1.807, 2.05) is 0 Å². The number of ether oxygens (including phenoxy) is 2. The van der Waals surface area contributed by atoms with Crippen LogP contribution in [0.3, 0.4) is 0 Å². The average molecular weight is 381 g/mol. The van der Waals surface area contributed by atoms with Crippen LogP contribution in [0.5, 0.6) is 11.5 Å². The molecular weight excluding hydrogens is 361 g/mol. The maximum absolute atomic E-state index is 12.9. The minimum Gasteiger partial charge on any atom is -0.493 e. The van der Waals surface area contributed by atoms with Crippen LogP contribution >= 0.6 is 0 Å². The van der Waals surface area contributed by atoms with E-state index in [2.05, 4.69) is 15.6 Å². The lowest BCUT2D eigenvalue weighted by atomic mass is 10.2. The van der Waals surface area contributed by atoms with Crippen molar-refractivity contribution < 1.29 is 18.7 Å². The first-order valence-corrected chi connectivity index (χ1v) is 8.57. The Balaban J connectivity index is 1.61. The third kappa shape index (κ3) is 4.76. The maximum atomic E-state index is 12.9. The highest BCUT2D eigenvalue weighted by molar-refractivity contribution is 6.04. The summed E-state index contributed by atoms with van der Waals surface area (Å²) in [6, 6.07) is 14.7. The molecule has 28 heavy (non-hydrogen) atoms. The summed E-state index contributed by atoms with van der Waals surface area (Å²) in [5, 5.41) is 5.92. The van der Waals surface area contributed by atoms with Crippen molar-refractivity contribution in [3.05, 3.63) is 77.7 Å². The number of carbonyl (C=O) groups is 1. The van der Waals surface area contributed by atoms with Gasteiger partial charge in [0.15, 0.2) is 11.5 Å². The van der Waals surface area contributed by atoms with E-state index in [-0.39, 0.29) is 11.7 Å². The number of rotatable bonds is 7. The van der Waals surface area contributed by atoms with Crippen molar-refractivity contribution in [1.29, 1.82) is 0 Å². The van der Waals surface area contributed by atoms with Crippen LogP contribution in [0.15, 0.2) is 60.8 Å². The van der Waals surface area contributed by atoms with Crippen molar-refractivity contribution in [3.8, 4) is 11.5 Å². The molecule has 0 atom stereocenters. The smallest absolute Gasteiger partial charge is 0.257 e. The molecule has 0 radical (unpaired) electrons. The summed E-state index contributed by atoms with van der Waals surface area (Å²) >= 11 is 0. The van der Waals surface area contributed by atoms with E-state index < -0.39 is 0 Å². The highest BCUT2D eigenvalue weighted by Gasteiger charge is 2.10. The fourth-order valence-corrected chi connectivity index (χ4v) is 2.54. The number of carbonyl (C=O) groups excluding carboxylic acids is 1. The highest BCUT2D eigenvalue weighted by atomic mass is 19.1. The first-order valence-electron chi connectivity index (χ1n) is 8.57. The Hall–Kier alpha value is -3.61. The third-order valence-electron chi connectivity index (χ3n) is 4.05. The predicted octanol–water partition coefficient (Wildman–Crippen LogP) is 4.10. The summed E-state index contributed by atoms with van der Waals surface area (Å²) in [5.41, 5.74) is 1.93. The highest BCUT2D eigenvalue weighted by Crippen LogP contribution is 2.29. The Morgan fingerprint density at radius 2 is 1.75 bits per heavy atom. The van der Waals surface area contributed by atoms with Crippen LogP contribution in [0, 0.1) is 5.82 Å². The summed E-state index contributed by atoms with van der Waals surface area (Å²) < 4.78 is 23.3. The molecule has 3 rings (SSSR count). The second-order valence-electron chi connectivity index (χ2n) is 5.94. The van der Waals surface area contributed by atoms with Gasteiger partial charge in [0, 0.05) is 24.5 Å². The number of methoxy groups -OCH3 is 2. The van der Waals surface area contributed by atoms with E-state index in [0.29, 0.717) is 35.1 Å². The molecule has 3 aromatic rings. The Morgan fingerprint density at radius 1 is 1.00 bits per heavy atom. The van der Waals surface area contributed by atoms with Crippen molar-refractivity contribution in [2.45, 2.75) is 6.54 Å². The summed E-state index contributed by atoms with van der Waals surface area (Å²) in [5.74, 6) is 1.17. The number of hydrogen-bond donors (Lipinski definition) is 2. The lowest BCUT2D eigenvalue weighted by Crippen LogP contribution is -2.12. The number of amides is 1. The molecule has 1 amide bonds. The molecule has 2 aromatic carbocycles. The molecule has 0 bridgehead atoms. The first kappa shape index (κ1) is 19.2. The third-order valence-corrected chi connectivity index (χ3v) is 4.05. The van der Waals surface area contributed by atoms with Crippen LogP contribution in [-0.2, 0) is 6.54 Å². The summed E-state index contributed by atoms with van der Waals surface area (Å²) in [7, 11) is 3.08. The van der Waals surface area contributed by atoms with E-state index in [4.69, 9.17) is 9.47 Å². The van der Waals surface area contributed by atoms with Gasteiger partial charge in [-0.2, -0.15) is 0 Å². The van der Waals surface area contributed by atoms with Crippen LogP contribution in [0.25, 0.3) is 0 Å². The topological polar surface area (TPSA) is 72.5 Å². The second-order valence-corrected chi connectivity index (χ2v) is 5.94. The van der Waals surface area contributed by atoms with E-state index in [1.54, 1.807) is 49.6 Å². The molecule has 0 saturated carbocycles. The van der Waals surface area contributed by atoms with Gasteiger partial charge in [0.1, 0.15) is 11.6 Å². The average Bonchev–Trinajstić information content (AvgIpc) is 2.73. The van der Waals surface area contributed by atoms with Gasteiger partial charge in [0.2, 0.25) is 0 Å².